The van der Waals surface area contributed by atoms with Crippen LogP contribution in [0.4, 0.5) is 4.79 Å². The minimum absolute atomic E-state index is 0.0491. The summed E-state index contributed by atoms with van der Waals surface area (Å²) in [6.07, 6.45) is 3.40. The first-order valence-corrected chi connectivity index (χ1v) is 9.82. The zero-order chi connectivity index (χ0) is 22.3. The maximum atomic E-state index is 13.1. The molecule has 0 spiro atoms. The summed E-state index contributed by atoms with van der Waals surface area (Å²) >= 11 is 0. The number of nitrogens with zero attached hydrogens (tertiary/aromatic N) is 3. The third-order valence-corrected chi connectivity index (χ3v) is 4.77. The summed E-state index contributed by atoms with van der Waals surface area (Å²) in [5.41, 5.74) is 0.747. The van der Waals surface area contributed by atoms with Gasteiger partial charge in [-0.15, -0.1) is 0 Å². The van der Waals surface area contributed by atoms with E-state index in [1.165, 1.54) is 23.8 Å². The molecule has 30 heavy (non-hydrogen) atoms. The molecule has 4 amide bonds. The fraction of sp³-hybridized carbons (Fsp3) is 0.550. The number of hydrogen-bond acceptors (Lipinski definition) is 6. The molecule has 0 saturated carbocycles. The Hall–Kier alpha value is -3.17. The van der Waals surface area contributed by atoms with Gasteiger partial charge in [-0.3, -0.25) is 14.6 Å². The van der Waals surface area contributed by atoms with Gasteiger partial charge < -0.3 is 25.2 Å². The molecule has 10 nitrogen and oxygen atoms in total. The number of aromatic nitrogens is 1. The van der Waals surface area contributed by atoms with E-state index >= 15 is 0 Å². The summed E-state index contributed by atoms with van der Waals surface area (Å²) < 4.78 is 4.83. The Morgan fingerprint density at radius 3 is 2.53 bits per heavy atom. The van der Waals surface area contributed by atoms with Crippen LogP contribution in [0.15, 0.2) is 24.5 Å². The van der Waals surface area contributed by atoms with Crippen LogP contribution in [0.3, 0.4) is 0 Å². The lowest BCUT2D eigenvalue weighted by atomic mass is 10.1. The lowest BCUT2D eigenvalue weighted by molar-refractivity contribution is -0.146. The number of carbonyl (C=O) groups excluding carboxylic acids is 4. The minimum atomic E-state index is -0.950. The molecule has 10 heteroatoms. The minimum Gasteiger partial charge on any atom is -0.467 e. The molecule has 0 aliphatic carbocycles. The summed E-state index contributed by atoms with van der Waals surface area (Å²) in [6, 6.07) is 1.14. The average molecular weight is 419 g/mol. The van der Waals surface area contributed by atoms with Crippen molar-refractivity contribution in [3.63, 3.8) is 0 Å². The van der Waals surface area contributed by atoms with E-state index in [4.69, 9.17) is 4.74 Å². The van der Waals surface area contributed by atoms with Crippen LogP contribution >= 0.6 is 0 Å². The Bertz CT molecular complexity index is 770. The first kappa shape index (κ1) is 23.1. The molecule has 0 aromatic carbocycles. The molecule has 0 radical (unpaired) electrons. The number of ether oxygens (including phenoxy) is 1. The standard InChI is InChI=1S/C20H29N5O5/c1-13(2)22-20(29)25-9-8-24(14(3)26)12-17(25)18(27)23-16(19(28)30-4)10-15-6-5-7-21-11-15/h5-7,11,13,16-17H,8-10,12H2,1-4H3,(H,22,29)(H,23,27)/t16-,17-/m1/s1. The van der Waals surface area contributed by atoms with Crippen LogP contribution in [0.25, 0.3) is 0 Å². The number of urea groups is 1. The van der Waals surface area contributed by atoms with Gasteiger partial charge in [0, 0.05) is 44.9 Å². The fourth-order valence-corrected chi connectivity index (χ4v) is 3.22. The van der Waals surface area contributed by atoms with Gasteiger partial charge in [0.1, 0.15) is 12.1 Å². The van der Waals surface area contributed by atoms with E-state index in [2.05, 4.69) is 15.6 Å². The molecular weight excluding hydrogens is 390 g/mol. The molecule has 164 valence electrons. The summed E-state index contributed by atoms with van der Waals surface area (Å²) in [5.74, 6) is -1.32. The SMILES string of the molecule is COC(=O)[C@@H](Cc1cccnc1)NC(=O)[C@H]1CN(C(C)=O)CCN1C(=O)NC(C)C. The van der Waals surface area contributed by atoms with E-state index in [-0.39, 0.29) is 31.5 Å². The van der Waals surface area contributed by atoms with Crippen molar-refractivity contribution in [1.29, 1.82) is 0 Å². The number of esters is 1. The highest BCUT2D eigenvalue weighted by atomic mass is 16.5. The van der Waals surface area contributed by atoms with Crippen LogP contribution in [-0.2, 0) is 25.5 Å². The maximum absolute atomic E-state index is 13.1. The van der Waals surface area contributed by atoms with Gasteiger partial charge in [0.15, 0.2) is 0 Å². The molecule has 2 heterocycles. The van der Waals surface area contributed by atoms with Crippen LogP contribution in [0.2, 0.25) is 0 Å². The molecule has 1 aromatic heterocycles. The Balaban J connectivity index is 2.20. The van der Waals surface area contributed by atoms with Crippen molar-refractivity contribution in [3.05, 3.63) is 30.1 Å². The first-order chi connectivity index (χ1) is 14.2. The molecule has 1 saturated heterocycles. The zero-order valence-electron chi connectivity index (χ0n) is 17.8. The highest BCUT2D eigenvalue weighted by Gasteiger charge is 2.38. The van der Waals surface area contributed by atoms with Crippen molar-refractivity contribution >= 4 is 23.8 Å². The molecule has 1 aromatic rings. The summed E-state index contributed by atoms with van der Waals surface area (Å²) in [6.45, 7) is 5.65. The smallest absolute Gasteiger partial charge is 0.328 e. The Kier molecular flexibility index (Phi) is 8.14. The maximum Gasteiger partial charge on any atom is 0.328 e. The largest absolute Gasteiger partial charge is 0.467 e. The van der Waals surface area contributed by atoms with Crippen LogP contribution in [0.1, 0.15) is 26.3 Å². The van der Waals surface area contributed by atoms with Crippen molar-refractivity contribution in [2.75, 3.05) is 26.7 Å². The molecule has 0 unspecified atom stereocenters. The Labute approximate surface area is 175 Å². The van der Waals surface area contributed by atoms with Gasteiger partial charge in [-0.1, -0.05) is 6.07 Å². The third-order valence-electron chi connectivity index (χ3n) is 4.77. The normalized spacial score (nSPS) is 17.3. The van der Waals surface area contributed by atoms with E-state index < -0.39 is 30.0 Å². The number of pyridine rings is 1. The van der Waals surface area contributed by atoms with E-state index in [0.717, 1.165) is 5.56 Å². The second-order valence-electron chi connectivity index (χ2n) is 7.43. The number of rotatable bonds is 6. The van der Waals surface area contributed by atoms with Gasteiger partial charge in [0.2, 0.25) is 11.8 Å². The van der Waals surface area contributed by atoms with Crippen LogP contribution < -0.4 is 10.6 Å². The van der Waals surface area contributed by atoms with Crippen molar-refractivity contribution in [2.24, 2.45) is 0 Å². The molecule has 0 bridgehead atoms. The zero-order valence-corrected chi connectivity index (χ0v) is 17.8. The van der Waals surface area contributed by atoms with Crippen molar-refractivity contribution in [1.82, 2.24) is 25.4 Å². The molecule has 1 aliphatic rings. The topological polar surface area (TPSA) is 121 Å². The van der Waals surface area contributed by atoms with E-state index in [9.17, 15) is 19.2 Å². The lowest BCUT2D eigenvalue weighted by Gasteiger charge is -2.40. The Morgan fingerprint density at radius 2 is 1.97 bits per heavy atom. The van der Waals surface area contributed by atoms with Crippen molar-refractivity contribution in [2.45, 2.75) is 45.3 Å². The van der Waals surface area contributed by atoms with Gasteiger partial charge in [0.25, 0.3) is 0 Å². The van der Waals surface area contributed by atoms with E-state index in [1.54, 1.807) is 24.5 Å². The average Bonchev–Trinajstić information content (AvgIpc) is 2.72. The first-order valence-electron chi connectivity index (χ1n) is 9.82. The second kappa shape index (κ2) is 10.6. The predicted octanol–water partition coefficient (Wildman–Crippen LogP) is -0.0674. The van der Waals surface area contributed by atoms with Gasteiger partial charge in [0.05, 0.1) is 13.7 Å². The highest BCUT2D eigenvalue weighted by Crippen LogP contribution is 2.13. The van der Waals surface area contributed by atoms with Gasteiger partial charge in [-0.25, -0.2) is 9.59 Å². The third kappa shape index (κ3) is 6.16. The highest BCUT2D eigenvalue weighted by molar-refractivity contribution is 5.91. The number of amides is 4. The molecule has 2 rings (SSSR count). The summed E-state index contributed by atoms with van der Waals surface area (Å²) in [7, 11) is 1.24. The molecule has 1 fully saturated rings. The van der Waals surface area contributed by atoms with Crippen molar-refractivity contribution in [3.8, 4) is 0 Å². The van der Waals surface area contributed by atoms with Crippen LogP contribution in [0, 0.1) is 0 Å². The van der Waals surface area contributed by atoms with Crippen LogP contribution in [-0.4, -0.2) is 83.5 Å². The number of nitrogens with one attached hydrogen (secondary N) is 2. The number of hydrogen-bond donors (Lipinski definition) is 2. The summed E-state index contributed by atoms with van der Waals surface area (Å²) in [4.78, 5) is 56.7. The molecule has 1 aliphatic heterocycles. The Morgan fingerprint density at radius 1 is 1.23 bits per heavy atom. The van der Waals surface area contributed by atoms with Crippen molar-refractivity contribution < 1.29 is 23.9 Å². The van der Waals surface area contributed by atoms with Gasteiger partial charge in [-0.2, -0.15) is 0 Å². The number of methoxy groups -OCH3 is 1. The van der Waals surface area contributed by atoms with Crippen LogP contribution in [0.5, 0.6) is 0 Å². The molecule has 2 N–H and O–H groups in total. The van der Waals surface area contributed by atoms with E-state index in [1.807, 2.05) is 13.8 Å². The summed E-state index contributed by atoms with van der Waals surface area (Å²) in [5, 5.41) is 5.45. The van der Waals surface area contributed by atoms with Gasteiger partial charge in [-0.05, 0) is 25.5 Å². The number of piperazine rings is 1. The molecular formula is C20H29N5O5. The second-order valence-corrected chi connectivity index (χ2v) is 7.43. The monoisotopic (exact) mass is 419 g/mol. The quantitative estimate of drug-likeness (QED) is 0.623. The lowest BCUT2D eigenvalue weighted by Crippen LogP contribution is -2.64. The predicted molar refractivity (Wildman–Crippen MR) is 108 cm³/mol. The molecule has 2 atom stereocenters. The fourth-order valence-electron chi connectivity index (χ4n) is 3.22. The number of carbonyl (C=O) groups is 4. The van der Waals surface area contributed by atoms with Gasteiger partial charge >= 0.3 is 12.0 Å². The van der Waals surface area contributed by atoms with E-state index in [0.29, 0.717) is 6.54 Å².